The Hall–Kier alpha value is -11.8. The second-order valence-corrected chi connectivity index (χ2v) is 43.0. The monoisotopic (exact) mass is 1480 g/mol. The summed E-state index contributed by atoms with van der Waals surface area (Å²) in [6.45, 7) is 28.1. The highest BCUT2D eigenvalue weighted by Gasteiger charge is 2.46. The van der Waals surface area contributed by atoms with E-state index in [1.165, 1.54) is 119 Å². The summed E-state index contributed by atoms with van der Waals surface area (Å²) in [5.74, 6) is 0. The van der Waals surface area contributed by atoms with Crippen LogP contribution < -0.4 is 68.1 Å². The van der Waals surface area contributed by atoms with Crippen molar-refractivity contribution < 1.29 is 0 Å². The van der Waals surface area contributed by atoms with Gasteiger partial charge in [0.05, 0.1) is 16.7 Å². The van der Waals surface area contributed by atoms with Crippen LogP contribution in [0, 0.1) is 0 Å². The highest BCUT2D eigenvalue weighted by atomic mass is 28.3. The Bertz CT molecular complexity index is 5910. The van der Waals surface area contributed by atoms with Crippen LogP contribution in [0.15, 0.2) is 358 Å². The van der Waals surface area contributed by atoms with Crippen molar-refractivity contribution in [3.05, 3.63) is 380 Å². The first kappa shape index (κ1) is 71.8. The fraction of sp³-hybridized carbons (Fsp3) is 0.151. The Balaban J connectivity index is 0.941. The van der Waals surface area contributed by atoms with Crippen molar-refractivity contribution in [1.29, 1.82) is 0 Å². The van der Waals surface area contributed by atoms with Crippen molar-refractivity contribution in [2.24, 2.45) is 0 Å². The zero-order valence-corrected chi connectivity index (χ0v) is 68.5. The topological polar surface area (TPSA) is 20.2 Å². The van der Waals surface area contributed by atoms with Crippen molar-refractivity contribution in [1.82, 2.24) is 4.57 Å². The molecule has 0 saturated heterocycles. The lowest BCUT2D eigenvalue weighted by atomic mass is 9.33. The lowest BCUT2D eigenvalue weighted by Gasteiger charge is -2.42. The molecule has 0 unspecified atom stereocenters. The summed E-state index contributed by atoms with van der Waals surface area (Å²) < 4.78 is 2.52. The fourth-order valence-electron chi connectivity index (χ4n) is 18.4. The molecule has 2 aliphatic rings. The van der Waals surface area contributed by atoms with Crippen LogP contribution >= 0.6 is 0 Å². The molecule has 0 aliphatic carbocycles. The zero-order chi connectivity index (χ0) is 77.1. The van der Waals surface area contributed by atoms with E-state index in [1.54, 1.807) is 0 Å². The van der Waals surface area contributed by atoms with E-state index >= 15 is 0 Å². The first-order valence-corrected chi connectivity index (χ1v) is 44.0. The van der Waals surface area contributed by atoms with Crippen molar-refractivity contribution in [2.45, 2.75) is 105 Å². The van der Waals surface area contributed by atoms with E-state index in [0.29, 0.717) is 0 Å². The Labute approximate surface area is 665 Å². The number of para-hydroxylation sites is 2. The van der Waals surface area contributed by atoms with Gasteiger partial charge in [0, 0.05) is 44.8 Å². The molecule has 546 valence electrons. The predicted octanol–water partition coefficient (Wildman–Crippen LogP) is 20.1. The van der Waals surface area contributed by atoms with Crippen LogP contribution in [0.5, 0.6) is 0 Å². The standard InChI is InChI=1S/C106H96BN3Si2/c1-103(2,3)76-63-74(64-77(68-76)104(4,5)6)73-53-61-93-98(67-73)109(80-54-58-89(59-55-80)112(85-41-25-16-26-42-85,86-43-27-17-28-44-86)87-45-29-18-30-46-87)99-71-81(110-96-49-33-31-47-91(96)92-48-32-34-50-97(92)110)70-95-101(99)107(93)94-62-60-90(75-65-78(105(7,8)9)69-79(66-75)106(10,11)12)100(102(94)108-95)72-51-56-88(57-52-72)111(82-35-19-13-20-36-82,83-37-21-14-22-38-83)84-39-23-15-24-40-84/h13-71,108H,1-12H3. The molecule has 0 bridgehead atoms. The summed E-state index contributed by atoms with van der Waals surface area (Å²) in [5.41, 5.74) is 24.7. The van der Waals surface area contributed by atoms with E-state index in [-0.39, 0.29) is 28.4 Å². The molecule has 2 aliphatic heterocycles. The number of anilines is 5. The molecule has 0 saturated carbocycles. The molecule has 0 amide bonds. The second kappa shape index (κ2) is 27.6. The number of aromatic nitrogens is 1. The van der Waals surface area contributed by atoms with Gasteiger partial charge >= 0.3 is 0 Å². The average Bonchev–Trinajstić information content (AvgIpc) is 0.906. The van der Waals surface area contributed by atoms with E-state index in [1.807, 2.05) is 0 Å². The van der Waals surface area contributed by atoms with Crippen molar-refractivity contribution in [2.75, 3.05) is 10.2 Å². The van der Waals surface area contributed by atoms with Crippen LogP contribution in [0.3, 0.4) is 0 Å². The normalized spacial score (nSPS) is 13.0. The van der Waals surface area contributed by atoms with E-state index in [4.69, 9.17) is 0 Å². The van der Waals surface area contributed by atoms with E-state index in [0.717, 1.165) is 50.7 Å². The minimum absolute atomic E-state index is 0.0941. The van der Waals surface area contributed by atoms with Gasteiger partial charge in [0.1, 0.15) is 0 Å². The highest BCUT2D eigenvalue weighted by Crippen LogP contribution is 2.48. The van der Waals surface area contributed by atoms with Gasteiger partial charge in [-0.25, -0.2) is 0 Å². The molecule has 0 spiro atoms. The summed E-state index contributed by atoms with van der Waals surface area (Å²) in [4.78, 5) is 2.64. The predicted molar refractivity (Wildman–Crippen MR) is 488 cm³/mol. The van der Waals surface area contributed by atoms with E-state index in [9.17, 15) is 0 Å². The maximum absolute atomic E-state index is 4.51. The number of hydrogen-bond acceptors (Lipinski definition) is 2. The molecule has 3 nitrogen and oxygen atoms in total. The van der Waals surface area contributed by atoms with Crippen LogP contribution in [-0.2, 0) is 21.7 Å². The molecular formula is C106H96BN3Si2. The minimum Gasteiger partial charge on any atom is -0.356 e. The average molecular weight is 1480 g/mol. The molecule has 0 radical (unpaired) electrons. The van der Waals surface area contributed by atoms with Crippen LogP contribution in [0.2, 0.25) is 0 Å². The number of fused-ring (bicyclic) bond motifs is 7. The molecule has 0 atom stereocenters. The third kappa shape index (κ3) is 12.2. The molecule has 15 aromatic carbocycles. The largest absolute Gasteiger partial charge is 0.356 e. The smallest absolute Gasteiger partial charge is 0.252 e. The van der Waals surface area contributed by atoms with E-state index < -0.39 is 16.1 Å². The van der Waals surface area contributed by atoms with Crippen molar-refractivity contribution >= 4 is 131 Å². The fourth-order valence-corrected chi connectivity index (χ4v) is 27.9. The first-order valence-electron chi connectivity index (χ1n) is 40.0. The molecule has 6 heteroatoms. The summed E-state index contributed by atoms with van der Waals surface area (Å²) in [7, 11) is -5.87. The first-order chi connectivity index (χ1) is 54.1. The van der Waals surface area contributed by atoms with Crippen LogP contribution in [0.25, 0.3) is 60.9 Å². The highest BCUT2D eigenvalue weighted by molar-refractivity contribution is 7.20. The minimum atomic E-state index is -2.94. The maximum Gasteiger partial charge on any atom is 0.252 e. The Morgan fingerprint density at radius 3 is 1.04 bits per heavy atom. The summed E-state index contributed by atoms with van der Waals surface area (Å²) in [5, 5.41) is 17.7. The molecule has 1 aromatic heterocycles. The third-order valence-electron chi connectivity index (χ3n) is 24.3. The summed E-state index contributed by atoms with van der Waals surface area (Å²) in [6.07, 6.45) is 0. The molecule has 3 heterocycles. The number of benzene rings is 15. The lowest BCUT2D eigenvalue weighted by molar-refractivity contribution is 0.568. The zero-order valence-electron chi connectivity index (χ0n) is 66.5. The molecule has 1 N–H and O–H groups in total. The number of nitrogens with one attached hydrogen (secondary N) is 1. The SMILES string of the molecule is CC(C)(C)c1cc(-c2ccc3c(c2)N(c2ccc([Si](c4ccccc4)(c4ccccc4)c4ccccc4)cc2)c2cc(-n4c5ccccc5c5ccccc54)cc4c2B3c2ccc(-c3cc(C(C)(C)C)cc(C(C)(C)C)c3)c(-c3ccc([Si](c5ccccc5)(c5ccccc5)c5ccccc5)cc3)c2N4)cc(C(C)(C)C)c1. The molecule has 16 aromatic rings. The van der Waals surface area contributed by atoms with Crippen molar-refractivity contribution in [3.8, 4) is 39.1 Å². The van der Waals surface area contributed by atoms with Gasteiger partial charge in [0.15, 0.2) is 16.1 Å². The molecule has 18 rings (SSSR count). The number of hydrogen-bond donors (Lipinski definition) is 1. The van der Waals surface area contributed by atoms with Gasteiger partial charge in [-0.15, -0.1) is 0 Å². The number of rotatable bonds is 13. The van der Waals surface area contributed by atoms with Gasteiger partial charge in [0.25, 0.3) is 6.71 Å². The van der Waals surface area contributed by atoms with Gasteiger partial charge in [-0.3, -0.25) is 0 Å². The maximum atomic E-state index is 4.51. The van der Waals surface area contributed by atoms with E-state index in [2.05, 4.69) is 456 Å². The Morgan fingerprint density at radius 1 is 0.277 bits per heavy atom. The van der Waals surface area contributed by atoms with Gasteiger partial charge in [0.2, 0.25) is 0 Å². The number of nitrogens with zero attached hydrogens (tertiary/aromatic N) is 2. The Kier molecular flexibility index (Phi) is 17.7. The van der Waals surface area contributed by atoms with Crippen LogP contribution in [-0.4, -0.2) is 27.4 Å². The third-order valence-corrected chi connectivity index (χ3v) is 33.9. The molecule has 0 fully saturated rings. The van der Waals surface area contributed by atoms with Crippen LogP contribution in [0.4, 0.5) is 28.4 Å². The van der Waals surface area contributed by atoms with Crippen molar-refractivity contribution in [3.63, 3.8) is 0 Å². The second-order valence-electron chi connectivity index (χ2n) is 35.3. The Morgan fingerprint density at radius 2 is 0.634 bits per heavy atom. The van der Waals surface area contributed by atoms with Crippen LogP contribution in [0.1, 0.15) is 105 Å². The van der Waals surface area contributed by atoms with Gasteiger partial charge in [-0.1, -0.05) is 399 Å². The molecule has 112 heavy (non-hydrogen) atoms. The van der Waals surface area contributed by atoms with Gasteiger partial charge in [-0.05, 0) is 172 Å². The molecular weight excluding hydrogens is 1380 g/mol. The quantitative estimate of drug-likeness (QED) is 0.0917. The van der Waals surface area contributed by atoms with Gasteiger partial charge < -0.3 is 14.8 Å². The summed E-state index contributed by atoms with van der Waals surface area (Å²) in [6, 6.07) is 138. The summed E-state index contributed by atoms with van der Waals surface area (Å²) >= 11 is 0. The lowest BCUT2D eigenvalue weighted by Crippen LogP contribution is -2.74. The van der Waals surface area contributed by atoms with Gasteiger partial charge in [-0.2, -0.15) is 0 Å².